The Balaban J connectivity index is 2.01. The maximum absolute atomic E-state index is 12.8. The van der Waals surface area contributed by atoms with E-state index in [1.807, 2.05) is 13.0 Å². The van der Waals surface area contributed by atoms with Crippen molar-refractivity contribution in [1.82, 2.24) is 9.55 Å². The Morgan fingerprint density at radius 2 is 2.14 bits per heavy atom. The smallest absolute Gasteiger partial charge is 0.339 e. The number of hydrogen-bond donors (Lipinski definition) is 1. The third-order valence-corrected chi connectivity index (χ3v) is 4.38. The molecule has 3 rings (SSSR count). The van der Waals surface area contributed by atoms with Crippen molar-refractivity contribution in [2.45, 2.75) is 39.4 Å². The lowest BCUT2D eigenvalue weighted by Crippen LogP contribution is -2.23. The molecule has 144 valence electrons. The van der Waals surface area contributed by atoms with Crippen LogP contribution >= 0.6 is 0 Å². The molecule has 0 saturated heterocycles. The molecule has 2 heterocycles. The average molecular weight is 378 g/mol. The first-order valence-electron chi connectivity index (χ1n) is 8.92. The zero-order valence-electron chi connectivity index (χ0n) is 16.4. The molecular weight excluding hydrogens is 356 g/mol. The van der Waals surface area contributed by atoms with E-state index >= 15 is 0 Å². The van der Waals surface area contributed by atoms with E-state index in [9.17, 15) is 14.7 Å². The summed E-state index contributed by atoms with van der Waals surface area (Å²) in [6.45, 7) is 5.00. The highest BCUT2D eigenvalue weighted by Crippen LogP contribution is 2.34. The number of allylic oxidation sites excluding steroid dienone is 1. The van der Waals surface area contributed by atoms with Gasteiger partial charge in [-0.25, -0.2) is 4.79 Å². The molecule has 1 aliphatic carbocycles. The lowest BCUT2D eigenvalue weighted by molar-refractivity contribution is -0.137. The Hall–Kier alpha value is -3.17. The first-order valence-corrected chi connectivity index (χ1v) is 8.92. The van der Waals surface area contributed by atoms with Gasteiger partial charge in [-0.2, -0.15) is 0 Å². The van der Waals surface area contributed by atoms with Gasteiger partial charge in [0.2, 0.25) is 0 Å². The van der Waals surface area contributed by atoms with Crippen LogP contribution in [0.4, 0.5) is 0 Å². The minimum absolute atomic E-state index is 0.0430. The summed E-state index contributed by atoms with van der Waals surface area (Å²) in [4.78, 5) is 29.6. The number of aryl methyl sites for hydroxylation is 1. The van der Waals surface area contributed by atoms with E-state index in [0.717, 1.165) is 5.57 Å². The molecular formula is C22H22N2O4. The Kier molecular flexibility index (Phi) is 5.21. The molecule has 0 fully saturated rings. The quantitative estimate of drug-likeness (QED) is 0.652. The predicted octanol–water partition coefficient (Wildman–Crippen LogP) is 1.98. The van der Waals surface area contributed by atoms with Gasteiger partial charge in [0.1, 0.15) is 12.2 Å². The van der Waals surface area contributed by atoms with Crippen molar-refractivity contribution < 1.29 is 14.6 Å². The molecule has 1 aliphatic rings. The summed E-state index contributed by atoms with van der Waals surface area (Å²) in [5, 5.41) is 9.94. The molecule has 0 aromatic carbocycles. The van der Waals surface area contributed by atoms with E-state index in [0.29, 0.717) is 34.4 Å². The van der Waals surface area contributed by atoms with Gasteiger partial charge in [0, 0.05) is 42.6 Å². The molecule has 0 saturated carbocycles. The predicted molar refractivity (Wildman–Crippen MR) is 105 cm³/mol. The largest absolute Gasteiger partial charge is 0.456 e. The molecule has 1 N–H and O–H groups in total. The maximum Gasteiger partial charge on any atom is 0.339 e. The van der Waals surface area contributed by atoms with Crippen LogP contribution in [-0.4, -0.2) is 26.2 Å². The second kappa shape index (κ2) is 7.45. The molecule has 0 aliphatic heterocycles. The third kappa shape index (κ3) is 4.05. The van der Waals surface area contributed by atoms with Crippen molar-refractivity contribution in [3.63, 3.8) is 0 Å². The number of pyridine rings is 2. The number of aliphatic hydroxyl groups is 1. The fraction of sp³-hybridized carbons (Fsp3) is 0.318. The molecule has 0 spiro atoms. The lowest BCUT2D eigenvalue weighted by atomic mass is 10.00. The second-order valence-corrected chi connectivity index (χ2v) is 7.35. The van der Waals surface area contributed by atoms with Gasteiger partial charge in [0.15, 0.2) is 0 Å². The van der Waals surface area contributed by atoms with E-state index in [2.05, 4.69) is 16.8 Å². The zero-order valence-corrected chi connectivity index (χ0v) is 16.4. The van der Waals surface area contributed by atoms with Crippen LogP contribution in [0.2, 0.25) is 0 Å². The van der Waals surface area contributed by atoms with Crippen molar-refractivity contribution in [2.24, 2.45) is 7.05 Å². The standard InChI is InChI=1S/C22H22N2O4/c1-14-11-17-19(15(8-9-22(2,3)27)12-24(4)20(17)25)18(14)21(26)28-13-16-7-5-6-10-23-16/h5-7,10,12,27H,11,13H2,1-4H3. The summed E-state index contributed by atoms with van der Waals surface area (Å²) in [7, 11) is 1.64. The van der Waals surface area contributed by atoms with Crippen LogP contribution in [0.25, 0.3) is 5.57 Å². The monoisotopic (exact) mass is 378 g/mol. The number of ether oxygens (including phenoxy) is 1. The second-order valence-electron chi connectivity index (χ2n) is 7.35. The van der Waals surface area contributed by atoms with E-state index in [-0.39, 0.29) is 12.2 Å². The Bertz CT molecular complexity index is 1080. The summed E-state index contributed by atoms with van der Waals surface area (Å²) in [6, 6.07) is 5.38. The molecule has 0 unspecified atom stereocenters. The van der Waals surface area contributed by atoms with E-state index in [4.69, 9.17) is 4.74 Å². The number of fused-ring (bicyclic) bond motifs is 1. The number of carbonyl (C=O) groups is 1. The van der Waals surface area contributed by atoms with Gasteiger partial charge < -0.3 is 14.4 Å². The zero-order chi connectivity index (χ0) is 20.5. The normalized spacial score (nSPS) is 13.0. The number of nitrogens with zero attached hydrogens (tertiary/aromatic N) is 2. The van der Waals surface area contributed by atoms with Crippen LogP contribution in [-0.2, 0) is 29.6 Å². The Labute approximate surface area is 163 Å². The highest BCUT2D eigenvalue weighted by Gasteiger charge is 2.31. The van der Waals surface area contributed by atoms with Crippen molar-refractivity contribution in [3.05, 3.63) is 68.9 Å². The first-order chi connectivity index (χ1) is 13.2. The van der Waals surface area contributed by atoms with Gasteiger partial charge in [-0.1, -0.05) is 23.5 Å². The Morgan fingerprint density at radius 1 is 1.39 bits per heavy atom. The highest BCUT2D eigenvalue weighted by atomic mass is 16.5. The third-order valence-electron chi connectivity index (χ3n) is 4.38. The van der Waals surface area contributed by atoms with Crippen molar-refractivity contribution in [2.75, 3.05) is 0 Å². The molecule has 6 nitrogen and oxygen atoms in total. The average Bonchev–Trinajstić information content (AvgIpc) is 2.99. The fourth-order valence-corrected chi connectivity index (χ4v) is 3.10. The summed E-state index contributed by atoms with van der Waals surface area (Å²) in [5.74, 6) is 5.16. The molecule has 0 amide bonds. The van der Waals surface area contributed by atoms with Gasteiger partial charge >= 0.3 is 5.97 Å². The van der Waals surface area contributed by atoms with Crippen LogP contribution in [0.15, 0.2) is 41.0 Å². The molecule has 28 heavy (non-hydrogen) atoms. The molecule has 6 heteroatoms. The fourth-order valence-electron chi connectivity index (χ4n) is 3.10. The number of hydrogen-bond acceptors (Lipinski definition) is 5. The van der Waals surface area contributed by atoms with Gasteiger partial charge in [0.25, 0.3) is 5.56 Å². The molecule has 0 bridgehead atoms. The van der Waals surface area contributed by atoms with E-state index in [1.54, 1.807) is 45.4 Å². The molecule has 0 atom stereocenters. The van der Waals surface area contributed by atoms with Crippen LogP contribution in [0.1, 0.15) is 43.2 Å². The number of carbonyl (C=O) groups excluding carboxylic acids is 1. The minimum Gasteiger partial charge on any atom is -0.456 e. The molecule has 0 radical (unpaired) electrons. The van der Waals surface area contributed by atoms with Crippen molar-refractivity contribution >= 4 is 11.5 Å². The van der Waals surface area contributed by atoms with Gasteiger partial charge in [-0.15, -0.1) is 0 Å². The summed E-state index contributed by atoms with van der Waals surface area (Å²) in [6.07, 6.45) is 3.59. The topological polar surface area (TPSA) is 81.4 Å². The van der Waals surface area contributed by atoms with E-state index in [1.165, 1.54) is 4.57 Å². The van der Waals surface area contributed by atoms with Crippen LogP contribution in [0.5, 0.6) is 0 Å². The number of rotatable bonds is 3. The van der Waals surface area contributed by atoms with Crippen LogP contribution in [0, 0.1) is 11.8 Å². The number of aromatic nitrogens is 2. The Morgan fingerprint density at radius 3 is 2.79 bits per heavy atom. The summed E-state index contributed by atoms with van der Waals surface area (Å²) in [5.41, 5.74) is 1.93. The first kappa shape index (κ1) is 19.6. The van der Waals surface area contributed by atoms with Crippen molar-refractivity contribution in [1.29, 1.82) is 0 Å². The van der Waals surface area contributed by atoms with Gasteiger partial charge in [-0.05, 0) is 32.9 Å². The SMILES string of the molecule is CC1=C(C(=O)OCc2ccccn2)c2c(C#CC(C)(C)O)cn(C)c(=O)c2C1. The minimum atomic E-state index is -1.20. The van der Waals surface area contributed by atoms with Gasteiger partial charge in [0.05, 0.1) is 11.3 Å². The highest BCUT2D eigenvalue weighted by molar-refractivity contribution is 6.19. The maximum atomic E-state index is 12.8. The van der Waals surface area contributed by atoms with Crippen molar-refractivity contribution in [3.8, 4) is 11.8 Å². The van der Waals surface area contributed by atoms with Crippen LogP contribution < -0.4 is 5.56 Å². The number of esters is 1. The summed E-state index contributed by atoms with van der Waals surface area (Å²) < 4.78 is 6.89. The molecule has 2 aromatic rings. The van der Waals surface area contributed by atoms with Gasteiger partial charge in [-0.3, -0.25) is 9.78 Å². The van der Waals surface area contributed by atoms with E-state index < -0.39 is 11.6 Å². The lowest BCUT2D eigenvalue weighted by Gasteiger charge is -2.12. The molecule has 2 aromatic heterocycles. The summed E-state index contributed by atoms with van der Waals surface area (Å²) >= 11 is 0. The van der Waals surface area contributed by atoms with Crippen LogP contribution in [0.3, 0.4) is 0 Å².